The summed E-state index contributed by atoms with van der Waals surface area (Å²) in [5.41, 5.74) is 9.43. The van der Waals surface area contributed by atoms with Gasteiger partial charge in [0.05, 0.1) is 54.9 Å². The van der Waals surface area contributed by atoms with Gasteiger partial charge in [0.2, 0.25) is 27.5 Å². The monoisotopic (exact) mass is 1730 g/mol. The van der Waals surface area contributed by atoms with Crippen molar-refractivity contribution in [3.05, 3.63) is 370 Å². The van der Waals surface area contributed by atoms with E-state index in [2.05, 4.69) is 56.8 Å². The van der Waals surface area contributed by atoms with E-state index in [-0.39, 0.29) is 95.1 Å². The van der Waals surface area contributed by atoms with E-state index in [0.29, 0.717) is 89.6 Å². The zero-order chi connectivity index (χ0) is 89.6. The van der Waals surface area contributed by atoms with Crippen molar-refractivity contribution in [2.45, 2.75) is 113 Å². The molecule has 4 aliphatic carbocycles. The molecule has 25 nitrogen and oxygen atoms in total. The van der Waals surface area contributed by atoms with Crippen LogP contribution < -0.4 is 26.5 Å². The zero-order valence-corrected chi connectivity index (χ0v) is 69.6. The van der Waals surface area contributed by atoms with Crippen LogP contribution in [0.4, 0.5) is 26.3 Å². The molecule has 31 heteroatoms. The van der Waals surface area contributed by atoms with Crippen LogP contribution in [0.3, 0.4) is 0 Å². The van der Waals surface area contributed by atoms with Crippen molar-refractivity contribution in [2.75, 3.05) is 54.4 Å². The molecular weight excluding hydrogens is 1640 g/mol. The van der Waals surface area contributed by atoms with Gasteiger partial charge in [-0.3, -0.25) is 61.9 Å². The van der Waals surface area contributed by atoms with E-state index in [0.717, 1.165) is 59.9 Å². The first-order chi connectivity index (χ1) is 61.0. The van der Waals surface area contributed by atoms with Crippen molar-refractivity contribution < 1.29 is 70.4 Å². The SMILES string of the molecule is CC(C)C(=O)Oc1c2n(ncc1=O)C(C1c3ccccc3CCc3ccccc31)CN(C)C2=O.CN1CC(C2c3cc(F)ccc3CCc3c(F)cccc32)n2ncc(=O)c(O)c2C1=O.CN1CC(C2c3ccc(F)cc3CCc3c(F)cccc32)n2ncc(=O)c(O)c2C1=O.CN1CC(C2c3cccc(F)c3CCc3c(F)cccc32)n2ncc(=O)c(O)c2C1=O. The highest BCUT2D eigenvalue weighted by atomic mass is 19.1. The number of carbonyl (C=O) groups excluding carboxylic acids is 5. The van der Waals surface area contributed by atoms with Gasteiger partial charge in [-0.2, -0.15) is 20.4 Å². The van der Waals surface area contributed by atoms with E-state index in [1.807, 2.05) is 36.4 Å². The number of ether oxygens (including phenoxy) is 1. The minimum Gasteiger partial charge on any atom is -0.502 e. The fourth-order valence-corrected chi connectivity index (χ4v) is 19.6. The van der Waals surface area contributed by atoms with Gasteiger partial charge in [-0.1, -0.05) is 123 Å². The van der Waals surface area contributed by atoms with Gasteiger partial charge in [-0.25, -0.2) is 26.3 Å². The summed E-state index contributed by atoms with van der Waals surface area (Å²) >= 11 is 0. The number of aromatic nitrogens is 8. The zero-order valence-electron chi connectivity index (χ0n) is 69.6. The number of hydrogen-bond donors (Lipinski definition) is 3. The highest BCUT2D eigenvalue weighted by Crippen LogP contribution is 2.50. The standard InChI is InChI=1S/C27H27N3O4.3C23H19F2N3O3/c1-16(2)27(33)34-25-22(31)14-28-30-21(15-29(3)26(32)24(25)30)23-19-10-6-4-8-17(19)12-13-18-9-5-7-11-20(18)23;1-27-11-18(28-21(23(27)31)22(30)19(29)10-26-28)20-14-4-2-6-16(24)12(14)8-9-13-15(20)5-3-7-17(13)25;1-27-11-18(28-21(23(27)31)22(30)19(29)10-26-28)20-14-8-6-13(24)9-12(14)5-7-15-16(20)3-2-4-17(15)25;1-27-11-18(28-21(23(27)31)22(30)19(29)10-26-28)20-15-3-2-4-17(25)14(15)8-6-12-5-7-13(24)9-16(12)20/h4-11,14,16,21,23H,12-13,15H2,1-3H3;2-7,10,18,20,30H,8-9,11H2,1H3;2-4,6,8-10,18,20,30H,5,7,11H2,1H3;2-5,7,9-10,18,20,30H,6,8,11H2,1H3. The lowest BCUT2D eigenvalue weighted by Gasteiger charge is -2.38. The van der Waals surface area contributed by atoms with E-state index in [1.165, 1.54) is 99.5 Å². The summed E-state index contributed by atoms with van der Waals surface area (Å²) in [6.07, 6.45) is 8.42. The van der Waals surface area contributed by atoms with E-state index in [4.69, 9.17) is 4.74 Å². The Balaban J connectivity index is 0.000000119. The summed E-state index contributed by atoms with van der Waals surface area (Å²) < 4.78 is 98.7. The second kappa shape index (κ2) is 33.9. The second-order valence-corrected chi connectivity index (χ2v) is 33.4. The number of rotatable bonds is 6. The fraction of sp³-hybridized carbons (Fsp3) is 0.281. The third-order valence-corrected chi connectivity index (χ3v) is 25.6. The molecule has 20 rings (SSSR count). The third-order valence-electron chi connectivity index (χ3n) is 25.6. The fourth-order valence-electron chi connectivity index (χ4n) is 19.6. The molecule has 127 heavy (non-hydrogen) atoms. The number of fused-ring (bicyclic) bond motifs is 12. The average molecular weight is 1730 g/mol. The molecule has 4 aromatic heterocycles. The maximum absolute atomic E-state index is 14.8. The van der Waals surface area contributed by atoms with Gasteiger partial charge >= 0.3 is 5.97 Å². The molecule has 8 aliphatic rings. The van der Waals surface area contributed by atoms with Gasteiger partial charge in [0.25, 0.3) is 23.6 Å². The lowest BCUT2D eigenvalue weighted by Crippen LogP contribution is -2.46. The Kier molecular flexibility index (Phi) is 22.7. The highest BCUT2D eigenvalue weighted by molar-refractivity contribution is 5.98. The van der Waals surface area contributed by atoms with Crippen molar-refractivity contribution in [3.63, 3.8) is 0 Å². The van der Waals surface area contributed by atoms with Crippen molar-refractivity contribution in [2.24, 2.45) is 5.92 Å². The molecule has 4 aliphatic heterocycles. The molecule has 0 bridgehead atoms. The molecule has 0 fully saturated rings. The molecule has 648 valence electrons. The summed E-state index contributed by atoms with van der Waals surface area (Å²) in [6, 6.07) is 43.1. The quantitative estimate of drug-likeness (QED) is 0.103. The van der Waals surface area contributed by atoms with Gasteiger partial charge < -0.3 is 39.7 Å². The number of hydrogen-bond acceptors (Lipinski definition) is 17. The number of benzene rings is 8. The average Bonchev–Trinajstić information content (AvgIpc) is 1.75. The number of carbonyl (C=O) groups is 5. The lowest BCUT2D eigenvalue weighted by molar-refractivity contribution is -0.137. The molecular formula is C96H84F6N12O13. The normalized spacial score (nSPS) is 18.9. The van der Waals surface area contributed by atoms with Gasteiger partial charge in [0.15, 0.2) is 40.0 Å². The maximum atomic E-state index is 14.8. The van der Waals surface area contributed by atoms with Crippen molar-refractivity contribution in [1.82, 2.24) is 58.7 Å². The van der Waals surface area contributed by atoms with Crippen molar-refractivity contribution >= 4 is 29.6 Å². The van der Waals surface area contributed by atoms with E-state index in [1.54, 1.807) is 88.0 Å². The number of likely N-dealkylation sites (N-methyl/N-ethyl adjacent to an activating group) is 4. The number of amides is 4. The molecule has 6 unspecified atom stereocenters. The summed E-state index contributed by atoms with van der Waals surface area (Å²) in [4.78, 5) is 118. The molecule has 0 saturated carbocycles. The summed E-state index contributed by atoms with van der Waals surface area (Å²) in [5.74, 6) is -9.09. The summed E-state index contributed by atoms with van der Waals surface area (Å²) in [5, 5.41) is 47.9. The molecule has 8 heterocycles. The Labute approximate surface area is 721 Å². The molecule has 6 atom stereocenters. The van der Waals surface area contributed by atoms with Gasteiger partial charge in [-0.05, 0) is 189 Å². The highest BCUT2D eigenvalue weighted by Gasteiger charge is 2.47. The summed E-state index contributed by atoms with van der Waals surface area (Å²) in [6.45, 7) is 4.38. The van der Waals surface area contributed by atoms with Crippen LogP contribution in [0.2, 0.25) is 0 Å². The minimum atomic E-state index is -0.757. The van der Waals surface area contributed by atoms with Gasteiger partial charge in [0.1, 0.15) is 34.9 Å². The van der Waals surface area contributed by atoms with Crippen LogP contribution in [0, 0.1) is 40.8 Å². The Morgan fingerprint density at radius 1 is 0.339 bits per heavy atom. The van der Waals surface area contributed by atoms with Crippen LogP contribution in [-0.4, -0.2) is 158 Å². The van der Waals surface area contributed by atoms with Crippen LogP contribution in [0.25, 0.3) is 0 Å². The lowest BCUT2D eigenvalue weighted by atomic mass is 9.81. The Morgan fingerprint density at radius 3 is 1.03 bits per heavy atom. The molecule has 8 aromatic carbocycles. The Morgan fingerprint density at radius 2 is 0.630 bits per heavy atom. The van der Waals surface area contributed by atoms with Crippen LogP contribution in [0.1, 0.15) is 193 Å². The number of esters is 1. The number of aromatic hydroxyl groups is 3. The molecule has 12 aromatic rings. The largest absolute Gasteiger partial charge is 0.502 e. The van der Waals surface area contributed by atoms with Gasteiger partial charge in [-0.15, -0.1) is 0 Å². The predicted molar refractivity (Wildman–Crippen MR) is 452 cm³/mol. The van der Waals surface area contributed by atoms with Gasteiger partial charge in [0, 0.05) is 78.0 Å². The molecule has 3 N–H and O–H groups in total. The number of halogens is 6. The van der Waals surface area contributed by atoms with Crippen LogP contribution in [-0.2, 0) is 56.2 Å². The van der Waals surface area contributed by atoms with E-state index in [9.17, 15) is 84.8 Å². The maximum Gasteiger partial charge on any atom is 0.313 e. The minimum absolute atomic E-state index is 0.0273. The first kappa shape index (κ1) is 84.8. The van der Waals surface area contributed by atoms with Crippen molar-refractivity contribution in [1.29, 1.82) is 0 Å². The van der Waals surface area contributed by atoms with Crippen LogP contribution in [0.15, 0.2) is 202 Å². The topological polar surface area (TPSA) is 308 Å². The molecule has 0 radical (unpaired) electrons. The van der Waals surface area contributed by atoms with E-state index < -0.39 is 110 Å². The predicted octanol–water partition coefficient (Wildman–Crippen LogP) is 11.7. The van der Waals surface area contributed by atoms with Crippen LogP contribution in [0.5, 0.6) is 23.0 Å². The number of aryl methyl sites for hydroxylation is 4. The smallest absolute Gasteiger partial charge is 0.313 e. The molecule has 4 amide bonds. The Bertz CT molecular complexity index is 6600. The van der Waals surface area contributed by atoms with E-state index >= 15 is 0 Å². The second-order valence-electron chi connectivity index (χ2n) is 33.4. The van der Waals surface area contributed by atoms with Crippen LogP contribution >= 0.6 is 0 Å². The number of nitrogens with zero attached hydrogens (tertiary/aromatic N) is 12. The Hall–Kier alpha value is -14.4. The summed E-state index contributed by atoms with van der Waals surface area (Å²) in [7, 11) is 6.40. The third kappa shape index (κ3) is 15.1. The van der Waals surface area contributed by atoms with Crippen molar-refractivity contribution in [3.8, 4) is 23.0 Å². The first-order valence-corrected chi connectivity index (χ1v) is 41.6. The molecule has 0 saturated heterocycles. The first-order valence-electron chi connectivity index (χ1n) is 41.6. The molecule has 0 spiro atoms.